The van der Waals surface area contributed by atoms with Crippen molar-refractivity contribution in [2.75, 3.05) is 53.6 Å². The summed E-state index contributed by atoms with van der Waals surface area (Å²) in [6.45, 7) is 2.38. The molecular formula is C33H42N6O8. The SMILES string of the molecule is COc1cc2ccc1OCCNC(=O)CN(C(=O)c1cc3c(nc1OC)CCC3)CCCNC(=O)[C@H]1CCCN1C(=O)[C@H](C)NC2=O. The number of fused-ring (bicyclic) bond motifs is 17. The van der Waals surface area contributed by atoms with Crippen LogP contribution in [0.5, 0.6) is 17.4 Å². The van der Waals surface area contributed by atoms with E-state index in [1.54, 1.807) is 25.1 Å². The van der Waals surface area contributed by atoms with Gasteiger partial charge in [0.05, 0.1) is 27.3 Å². The van der Waals surface area contributed by atoms with E-state index in [1.165, 1.54) is 30.1 Å². The summed E-state index contributed by atoms with van der Waals surface area (Å²) in [4.78, 5) is 73.9. The lowest BCUT2D eigenvalue weighted by molar-refractivity contribution is -0.139. The van der Waals surface area contributed by atoms with Gasteiger partial charge in [-0.3, -0.25) is 24.0 Å². The van der Waals surface area contributed by atoms with E-state index in [9.17, 15) is 24.0 Å². The van der Waals surface area contributed by atoms with Crippen molar-refractivity contribution in [1.82, 2.24) is 30.7 Å². The standard InChI is InChI=1S/C33H42N6O8/c1-20-32(43)39-15-5-9-25(39)30(42)35-12-6-14-38(33(44)23-17-21-7-4-8-24(21)37-31(23)46-3)19-28(40)34-13-16-47-26-11-10-22(29(41)36-20)18-27(26)45-2/h10-11,17-18,20,25H,4-9,12-16,19H2,1-3H3,(H,34,40)(H,35,42)(H,36,41)/t20-,25+/m0/s1. The van der Waals surface area contributed by atoms with Gasteiger partial charge in [0.2, 0.25) is 23.6 Å². The third-order valence-electron chi connectivity index (χ3n) is 8.63. The molecule has 2 aromatic rings. The number of carbonyl (C=O) groups is 5. The number of nitrogens with one attached hydrogen (secondary N) is 3. The summed E-state index contributed by atoms with van der Waals surface area (Å²) in [6, 6.07) is 4.88. The fourth-order valence-electron chi connectivity index (χ4n) is 6.19. The van der Waals surface area contributed by atoms with Gasteiger partial charge in [0.1, 0.15) is 24.3 Å². The molecule has 1 aromatic heterocycles. The Bertz CT molecular complexity index is 1530. The maximum atomic E-state index is 13.8. The monoisotopic (exact) mass is 650 g/mol. The number of rotatable bonds is 3. The van der Waals surface area contributed by atoms with Crippen molar-refractivity contribution in [1.29, 1.82) is 0 Å². The number of aryl methyl sites for hydroxylation is 2. The Balaban J connectivity index is 1.36. The van der Waals surface area contributed by atoms with Crippen molar-refractivity contribution in [2.45, 2.75) is 57.5 Å². The zero-order valence-corrected chi connectivity index (χ0v) is 27.1. The molecule has 1 fully saturated rings. The molecule has 14 heteroatoms. The number of hydrogen-bond donors (Lipinski definition) is 3. The third kappa shape index (κ3) is 7.75. The number of amides is 5. The molecule has 0 unspecified atom stereocenters. The summed E-state index contributed by atoms with van der Waals surface area (Å²) in [5.74, 6) is -1.05. The molecule has 6 rings (SSSR count). The summed E-state index contributed by atoms with van der Waals surface area (Å²) < 4.78 is 16.7. The van der Waals surface area contributed by atoms with E-state index >= 15 is 0 Å². The molecule has 252 valence electrons. The molecule has 1 aromatic carbocycles. The molecule has 47 heavy (non-hydrogen) atoms. The van der Waals surface area contributed by atoms with Crippen molar-refractivity contribution in [3.63, 3.8) is 0 Å². The van der Waals surface area contributed by atoms with Gasteiger partial charge >= 0.3 is 0 Å². The van der Waals surface area contributed by atoms with Crippen LogP contribution >= 0.6 is 0 Å². The molecule has 4 heterocycles. The number of methoxy groups -OCH3 is 2. The Morgan fingerprint density at radius 1 is 0.979 bits per heavy atom. The number of ether oxygens (including phenoxy) is 3. The minimum Gasteiger partial charge on any atom is -0.493 e. The Kier molecular flexibility index (Phi) is 10.8. The topological polar surface area (TPSA) is 168 Å². The fourth-order valence-corrected chi connectivity index (χ4v) is 6.19. The van der Waals surface area contributed by atoms with E-state index in [1.807, 2.05) is 0 Å². The van der Waals surface area contributed by atoms with Crippen molar-refractivity contribution in [2.24, 2.45) is 0 Å². The third-order valence-corrected chi connectivity index (χ3v) is 8.63. The lowest BCUT2D eigenvalue weighted by Gasteiger charge is -2.27. The molecule has 1 saturated heterocycles. The molecule has 1 aliphatic carbocycles. The Morgan fingerprint density at radius 2 is 1.81 bits per heavy atom. The minimum atomic E-state index is -0.871. The highest BCUT2D eigenvalue weighted by Crippen LogP contribution is 2.29. The summed E-state index contributed by atoms with van der Waals surface area (Å²) in [5.41, 5.74) is 2.46. The molecule has 5 amide bonds. The smallest absolute Gasteiger partial charge is 0.259 e. The summed E-state index contributed by atoms with van der Waals surface area (Å²) >= 11 is 0. The fraction of sp³-hybridized carbons (Fsp3) is 0.515. The molecule has 4 aliphatic rings. The Hall–Kier alpha value is -4.88. The first-order valence-electron chi connectivity index (χ1n) is 16.0. The van der Waals surface area contributed by atoms with Gasteiger partial charge in [-0.2, -0.15) is 0 Å². The number of nitrogens with zero attached hydrogens (tertiary/aromatic N) is 3. The number of aromatic nitrogens is 1. The van der Waals surface area contributed by atoms with E-state index < -0.39 is 29.8 Å². The molecule has 3 N–H and O–H groups in total. The lowest BCUT2D eigenvalue weighted by Crippen LogP contribution is -2.52. The van der Waals surface area contributed by atoms with Crippen LogP contribution in [0, 0.1) is 0 Å². The first kappa shape index (κ1) is 33.5. The van der Waals surface area contributed by atoms with Gasteiger partial charge in [-0.05, 0) is 75.3 Å². The van der Waals surface area contributed by atoms with Crippen LogP contribution in [0.1, 0.15) is 64.6 Å². The second-order valence-corrected chi connectivity index (χ2v) is 11.8. The summed E-state index contributed by atoms with van der Waals surface area (Å²) in [5, 5.41) is 8.39. The van der Waals surface area contributed by atoms with Crippen LogP contribution in [0.25, 0.3) is 0 Å². The molecule has 0 saturated carbocycles. The van der Waals surface area contributed by atoms with Gasteiger partial charge in [0.25, 0.3) is 11.8 Å². The maximum absolute atomic E-state index is 13.8. The zero-order chi connectivity index (χ0) is 33.5. The predicted molar refractivity (Wildman–Crippen MR) is 170 cm³/mol. The second kappa shape index (κ2) is 15.1. The lowest BCUT2D eigenvalue weighted by atomic mass is 10.1. The molecule has 2 bridgehead atoms. The van der Waals surface area contributed by atoms with Crippen molar-refractivity contribution in [3.8, 4) is 17.4 Å². The first-order valence-corrected chi connectivity index (χ1v) is 16.0. The average Bonchev–Trinajstić information content (AvgIpc) is 3.76. The van der Waals surface area contributed by atoms with Gasteiger partial charge in [0, 0.05) is 30.9 Å². The minimum absolute atomic E-state index is 0.0960. The highest BCUT2D eigenvalue weighted by atomic mass is 16.5. The normalized spacial score (nSPS) is 21.3. The van der Waals surface area contributed by atoms with Crippen LogP contribution < -0.4 is 30.2 Å². The molecule has 14 nitrogen and oxygen atoms in total. The van der Waals surface area contributed by atoms with Crippen molar-refractivity contribution < 1.29 is 38.2 Å². The van der Waals surface area contributed by atoms with Gasteiger partial charge in [-0.1, -0.05) is 0 Å². The Labute approximate surface area is 273 Å². The molecular weight excluding hydrogens is 608 g/mol. The van der Waals surface area contributed by atoms with E-state index in [0.717, 1.165) is 30.5 Å². The zero-order valence-electron chi connectivity index (χ0n) is 27.1. The van der Waals surface area contributed by atoms with Gasteiger partial charge < -0.3 is 40.0 Å². The van der Waals surface area contributed by atoms with E-state index in [0.29, 0.717) is 37.3 Å². The van der Waals surface area contributed by atoms with E-state index in [-0.39, 0.29) is 61.6 Å². The molecule has 0 spiro atoms. The van der Waals surface area contributed by atoms with Crippen LogP contribution in [0.3, 0.4) is 0 Å². The molecule has 2 atom stereocenters. The predicted octanol–water partition coefficient (Wildman–Crippen LogP) is 0.854. The summed E-state index contributed by atoms with van der Waals surface area (Å²) in [7, 11) is 2.90. The summed E-state index contributed by atoms with van der Waals surface area (Å²) in [6.07, 6.45) is 4.09. The van der Waals surface area contributed by atoms with Crippen LogP contribution in [-0.2, 0) is 27.2 Å². The van der Waals surface area contributed by atoms with E-state index in [4.69, 9.17) is 14.2 Å². The number of hydrogen-bond acceptors (Lipinski definition) is 9. The van der Waals surface area contributed by atoms with Crippen molar-refractivity contribution >= 4 is 29.5 Å². The van der Waals surface area contributed by atoms with Crippen LogP contribution in [0.2, 0.25) is 0 Å². The number of benzene rings is 1. The maximum Gasteiger partial charge on any atom is 0.259 e. The van der Waals surface area contributed by atoms with Crippen LogP contribution in [0.15, 0.2) is 24.3 Å². The largest absolute Gasteiger partial charge is 0.493 e. The molecule has 3 aliphatic heterocycles. The highest BCUT2D eigenvalue weighted by Gasteiger charge is 2.36. The Morgan fingerprint density at radius 3 is 2.60 bits per heavy atom. The van der Waals surface area contributed by atoms with Crippen LogP contribution in [-0.4, -0.2) is 110 Å². The number of pyridine rings is 1. The van der Waals surface area contributed by atoms with Gasteiger partial charge in [-0.15, -0.1) is 0 Å². The van der Waals surface area contributed by atoms with E-state index in [2.05, 4.69) is 20.9 Å². The molecule has 0 radical (unpaired) electrons. The van der Waals surface area contributed by atoms with Crippen LogP contribution in [0.4, 0.5) is 0 Å². The number of carbonyl (C=O) groups excluding carboxylic acids is 5. The van der Waals surface area contributed by atoms with Gasteiger partial charge in [0.15, 0.2) is 11.5 Å². The first-order chi connectivity index (χ1) is 22.7. The van der Waals surface area contributed by atoms with Crippen molar-refractivity contribution in [3.05, 3.63) is 46.6 Å². The van der Waals surface area contributed by atoms with Gasteiger partial charge in [-0.25, -0.2) is 4.98 Å². The average molecular weight is 651 g/mol. The second-order valence-electron chi connectivity index (χ2n) is 11.8. The highest BCUT2D eigenvalue weighted by molar-refractivity contribution is 5.99. The quantitative estimate of drug-likeness (QED) is 0.408.